The molecule has 0 bridgehead atoms. The van der Waals surface area contributed by atoms with Crippen LogP contribution >= 0.6 is 11.6 Å². The number of anilines is 1. The van der Waals surface area contributed by atoms with Gasteiger partial charge in [0.25, 0.3) is 0 Å². The summed E-state index contributed by atoms with van der Waals surface area (Å²) in [5, 5.41) is 4.01. The van der Waals surface area contributed by atoms with Gasteiger partial charge in [-0.25, -0.2) is 4.98 Å². The number of pyridine rings is 1. The van der Waals surface area contributed by atoms with E-state index in [0.717, 1.165) is 49.0 Å². The molecule has 0 spiro atoms. The lowest BCUT2D eigenvalue weighted by Crippen LogP contribution is -2.44. The van der Waals surface area contributed by atoms with Gasteiger partial charge in [0.15, 0.2) is 0 Å². The molecule has 1 aromatic heterocycles. The van der Waals surface area contributed by atoms with Crippen molar-refractivity contribution in [3.63, 3.8) is 0 Å². The molecule has 2 unspecified atom stereocenters. The molecule has 1 aliphatic rings. The first-order chi connectivity index (χ1) is 9.65. The Bertz CT molecular complexity index is 441. The quantitative estimate of drug-likeness (QED) is 0.907. The highest BCUT2D eigenvalue weighted by Crippen LogP contribution is 2.29. The molecule has 1 aliphatic heterocycles. The van der Waals surface area contributed by atoms with Crippen LogP contribution in [0, 0.1) is 5.92 Å². The van der Waals surface area contributed by atoms with Crippen molar-refractivity contribution in [3.05, 3.63) is 22.8 Å². The highest BCUT2D eigenvalue weighted by molar-refractivity contribution is 6.33. The van der Waals surface area contributed by atoms with Crippen LogP contribution in [0.5, 0.6) is 0 Å². The van der Waals surface area contributed by atoms with Crippen LogP contribution in [-0.4, -0.2) is 37.8 Å². The van der Waals surface area contributed by atoms with Gasteiger partial charge in [0.1, 0.15) is 5.82 Å². The monoisotopic (exact) mass is 297 g/mol. The Labute approximate surface area is 126 Å². The minimum Gasteiger partial charge on any atom is -0.379 e. The Kier molecular flexibility index (Phi) is 5.64. The lowest BCUT2D eigenvalue weighted by atomic mass is 9.96. The molecular formula is C15H24ClN3O. The summed E-state index contributed by atoms with van der Waals surface area (Å²) in [4.78, 5) is 6.78. The van der Waals surface area contributed by atoms with Crippen molar-refractivity contribution in [1.82, 2.24) is 10.3 Å². The Morgan fingerprint density at radius 2 is 2.35 bits per heavy atom. The molecule has 1 fully saturated rings. The maximum atomic E-state index is 6.40. The van der Waals surface area contributed by atoms with Crippen LogP contribution in [0.4, 0.5) is 5.82 Å². The van der Waals surface area contributed by atoms with Crippen LogP contribution in [0.3, 0.4) is 0 Å². The van der Waals surface area contributed by atoms with E-state index in [1.54, 1.807) is 7.11 Å². The molecule has 1 saturated heterocycles. The third-order valence-corrected chi connectivity index (χ3v) is 4.23. The van der Waals surface area contributed by atoms with Crippen molar-refractivity contribution < 1.29 is 4.74 Å². The number of methoxy groups -OCH3 is 1. The van der Waals surface area contributed by atoms with Crippen molar-refractivity contribution in [1.29, 1.82) is 0 Å². The predicted molar refractivity (Wildman–Crippen MR) is 83.4 cm³/mol. The lowest BCUT2D eigenvalue weighted by Gasteiger charge is -2.37. The number of aromatic nitrogens is 1. The minimum absolute atomic E-state index is 0.253. The molecule has 0 aliphatic carbocycles. The minimum atomic E-state index is 0.253. The summed E-state index contributed by atoms with van der Waals surface area (Å²) in [6.07, 6.45) is 3.27. The Morgan fingerprint density at radius 3 is 3.00 bits per heavy atom. The molecule has 2 heterocycles. The van der Waals surface area contributed by atoms with Gasteiger partial charge in [-0.05, 0) is 30.5 Å². The number of hydrogen-bond donors (Lipinski definition) is 1. The van der Waals surface area contributed by atoms with E-state index in [0.29, 0.717) is 5.92 Å². The highest BCUT2D eigenvalue weighted by atomic mass is 35.5. The third kappa shape index (κ3) is 3.62. The molecular weight excluding hydrogens is 274 g/mol. The van der Waals surface area contributed by atoms with Crippen LogP contribution < -0.4 is 10.2 Å². The second-order valence-corrected chi connectivity index (χ2v) is 5.82. The first-order valence-electron chi connectivity index (χ1n) is 7.28. The molecule has 0 saturated carbocycles. The standard InChI is InChI=1S/C15H24ClN3O/c1-4-17-8-12-7-13(16)15(18-9-12)19-6-5-11(2)14(10-19)20-3/h7,9,11,14,17H,4-6,8,10H2,1-3H3. The van der Waals surface area contributed by atoms with Crippen molar-refractivity contribution in [2.45, 2.75) is 32.9 Å². The van der Waals surface area contributed by atoms with Crippen LogP contribution in [0.1, 0.15) is 25.8 Å². The Morgan fingerprint density at radius 1 is 1.55 bits per heavy atom. The van der Waals surface area contributed by atoms with Crippen LogP contribution in [0.2, 0.25) is 5.02 Å². The van der Waals surface area contributed by atoms with E-state index in [2.05, 4.69) is 29.0 Å². The van der Waals surface area contributed by atoms with Gasteiger partial charge >= 0.3 is 0 Å². The van der Waals surface area contributed by atoms with Crippen molar-refractivity contribution in [2.24, 2.45) is 5.92 Å². The molecule has 0 radical (unpaired) electrons. The fourth-order valence-electron chi connectivity index (χ4n) is 2.60. The topological polar surface area (TPSA) is 37.4 Å². The number of halogens is 1. The average Bonchev–Trinajstić information content (AvgIpc) is 2.46. The third-order valence-electron chi connectivity index (χ3n) is 3.95. The van der Waals surface area contributed by atoms with Gasteiger partial charge in [-0.1, -0.05) is 25.4 Å². The normalized spacial score (nSPS) is 23.1. The predicted octanol–water partition coefficient (Wildman–Crippen LogP) is 2.71. The van der Waals surface area contributed by atoms with Gasteiger partial charge < -0.3 is 15.0 Å². The average molecular weight is 298 g/mol. The van der Waals surface area contributed by atoms with E-state index in [1.807, 2.05) is 12.3 Å². The molecule has 5 heteroatoms. The zero-order valence-electron chi connectivity index (χ0n) is 12.5. The van der Waals surface area contributed by atoms with Gasteiger partial charge in [-0.2, -0.15) is 0 Å². The second-order valence-electron chi connectivity index (χ2n) is 5.42. The first kappa shape index (κ1) is 15.5. The summed E-state index contributed by atoms with van der Waals surface area (Å²) in [6.45, 7) is 7.92. The number of nitrogens with zero attached hydrogens (tertiary/aromatic N) is 2. The maximum absolute atomic E-state index is 6.40. The molecule has 0 amide bonds. The summed E-state index contributed by atoms with van der Waals surface area (Å²) in [7, 11) is 1.78. The van der Waals surface area contributed by atoms with Crippen molar-refractivity contribution in [3.8, 4) is 0 Å². The van der Waals surface area contributed by atoms with E-state index in [1.165, 1.54) is 0 Å². The van der Waals surface area contributed by atoms with Crippen molar-refractivity contribution in [2.75, 3.05) is 31.6 Å². The lowest BCUT2D eigenvalue weighted by molar-refractivity contribution is 0.0496. The SMILES string of the molecule is CCNCc1cnc(N2CCC(C)C(OC)C2)c(Cl)c1. The van der Waals surface area contributed by atoms with Gasteiger partial charge in [0.2, 0.25) is 0 Å². The van der Waals surface area contributed by atoms with Gasteiger partial charge in [0, 0.05) is 32.9 Å². The van der Waals surface area contributed by atoms with E-state index >= 15 is 0 Å². The molecule has 4 nitrogen and oxygen atoms in total. The van der Waals surface area contributed by atoms with Crippen LogP contribution in [0.15, 0.2) is 12.3 Å². The second kappa shape index (κ2) is 7.25. The van der Waals surface area contributed by atoms with Gasteiger partial charge in [0.05, 0.1) is 11.1 Å². The first-order valence-corrected chi connectivity index (χ1v) is 7.66. The summed E-state index contributed by atoms with van der Waals surface area (Å²) < 4.78 is 5.55. The molecule has 2 rings (SSSR count). The zero-order chi connectivity index (χ0) is 14.5. The smallest absolute Gasteiger partial charge is 0.147 e. The van der Waals surface area contributed by atoms with E-state index in [9.17, 15) is 0 Å². The number of rotatable bonds is 5. The molecule has 0 aromatic carbocycles. The number of hydrogen-bond acceptors (Lipinski definition) is 4. The summed E-state index contributed by atoms with van der Waals surface area (Å²) in [5.41, 5.74) is 1.12. The van der Waals surface area contributed by atoms with Crippen molar-refractivity contribution >= 4 is 17.4 Å². The fourth-order valence-corrected chi connectivity index (χ4v) is 2.91. The van der Waals surface area contributed by atoms with Crippen LogP contribution in [0.25, 0.3) is 0 Å². The molecule has 20 heavy (non-hydrogen) atoms. The Hall–Kier alpha value is -0.840. The summed E-state index contributed by atoms with van der Waals surface area (Å²) in [6, 6.07) is 2.01. The molecule has 112 valence electrons. The number of piperidine rings is 1. The molecule has 2 atom stereocenters. The number of ether oxygens (including phenoxy) is 1. The number of nitrogens with one attached hydrogen (secondary N) is 1. The van der Waals surface area contributed by atoms with Gasteiger partial charge in [-0.15, -0.1) is 0 Å². The van der Waals surface area contributed by atoms with E-state index < -0.39 is 0 Å². The Balaban J connectivity index is 2.08. The summed E-state index contributed by atoms with van der Waals surface area (Å²) >= 11 is 6.40. The maximum Gasteiger partial charge on any atom is 0.147 e. The summed E-state index contributed by atoms with van der Waals surface area (Å²) in [5.74, 6) is 1.46. The van der Waals surface area contributed by atoms with E-state index in [-0.39, 0.29) is 6.10 Å². The van der Waals surface area contributed by atoms with Crippen LogP contribution in [-0.2, 0) is 11.3 Å². The molecule has 1 N–H and O–H groups in total. The van der Waals surface area contributed by atoms with Gasteiger partial charge in [-0.3, -0.25) is 0 Å². The van der Waals surface area contributed by atoms with E-state index in [4.69, 9.17) is 16.3 Å². The zero-order valence-corrected chi connectivity index (χ0v) is 13.3. The highest BCUT2D eigenvalue weighted by Gasteiger charge is 2.27. The molecule has 1 aromatic rings. The fraction of sp³-hybridized carbons (Fsp3) is 0.667. The largest absolute Gasteiger partial charge is 0.379 e.